The summed E-state index contributed by atoms with van der Waals surface area (Å²) in [5.41, 5.74) is 0. The van der Waals surface area contributed by atoms with Gasteiger partial charge in [-0.1, -0.05) is 6.92 Å². The van der Waals surface area contributed by atoms with E-state index in [1.165, 1.54) is 0 Å². The van der Waals surface area contributed by atoms with Crippen molar-refractivity contribution in [3.63, 3.8) is 0 Å². The molecule has 0 aliphatic carbocycles. The summed E-state index contributed by atoms with van der Waals surface area (Å²) in [6.07, 6.45) is 0.837. The average Bonchev–Trinajstić information content (AvgIpc) is 1.87. The third-order valence-electron chi connectivity index (χ3n) is 1.40. The second-order valence-corrected chi connectivity index (χ2v) is 2.12. The summed E-state index contributed by atoms with van der Waals surface area (Å²) in [5.74, 6) is 0. The minimum atomic E-state index is -0.0478. The van der Waals surface area contributed by atoms with Gasteiger partial charge in [0.2, 0.25) is 6.54 Å². The van der Waals surface area contributed by atoms with Gasteiger partial charge in [-0.15, -0.1) is 0 Å². The Morgan fingerprint density at radius 2 is 2.22 bits per heavy atom. The molecule has 0 radical (unpaired) electrons. The zero-order chi connectivity index (χ0) is 7.28. The fourth-order valence-corrected chi connectivity index (χ4v) is 0.523. The second-order valence-electron chi connectivity index (χ2n) is 2.12. The normalized spacial score (nSPS) is 13.2. The van der Waals surface area contributed by atoms with Crippen molar-refractivity contribution in [2.75, 3.05) is 13.2 Å². The van der Waals surface area contributed by atoms with Crippen molar-refractivity contribution in [2.24, 2.45) is 0 Å². The topological polar surface area (TPSA) is 40.3 Å². The van der Waals surface area contributed by atoms with Crippen molar-refractivity contribution >= 4 is 0 Å². The van der Waals surface area contributed by atoms with Crippen LogP contribution in [0.4, 0.5) is 0 Å². The van der Waals surface area contributed by atoms with Gasteiger partial charge in [-0.05, 0) is 0 Å². The molecular weight excluding hydrogens is 118 g/mol. The summed E-state index contributed by atoms with van der Waals surface area (Å²) >= 11 is 0. The van der Waals surface area contributed by atoms with Gasteiger partial charge < -0.3 is 5.11 Å². The minimum Gasteiger partial charge on any atom is -0.390 e. The molecule has 54 valence electrons. The molecule has 0 aliphatic heterocycles. The maximum atomic E-state index is 10.7. The van der Waals surface area contributed by atoms with Gasteiger partial charge in [-0.25, -0.2) is 0 Å². The summed E-state index contributed by atoms with van der Waals surface area (Å²) in [6.45, 7) is 3.98. The Labute approximate surface area is 55.3 Å². The van der Waals surface area contributed by atoms with Crippen LogP contribution in [0.3, 0.4) is 0 Å². The summed E-state index contributed by atoms with van der Waals surface area (Å²) in [5, 5.41) is 8.34. The maximum absolute atomic E-state index is 10.7. The first-order valence-electron chi connectivity index (χ1n) is 3.27. The lowest BCUT2D eigenvalue weighted by Crippen LogP contribution is -2.22. The van der Waals surface area contributed by atoms with Gasteiger partial charge in [0.05, 0.1) is 0 Å². The highest BCUT2D eigenvalue weighted by atomic mass is 16.3. The highest BCUT2D eigenvalue weighted by molar-refractivity contribution is 4.40. The van der Waals surface area contributed by atoms with Crippen LogP contribution in [0.15, 0.2) is 0 Å². The molecule has 0 aromatic rings. The molecular formula is C6H14NO2+. The monoisotopic (exact) mass is 132 g/mol. The van der Waals surface area contributed by atoms with E-state index >= 15 is 0 Å². The van der Waals surface area contributed by atoms with Gasteiger partial charge in [0, 0.05) is 23.0 Å². The molecule has 0 amide bonds. The first-order chi connectivity index (χ1) is 4.22. The molecule has 0 bridgehead atoms. The first-order valence-corrected chi connectivity index (χ1v) is 3.27. The fraction of sp³-hybridized carbons (Fsp3) is 1.00. The van der Waals surface area contributed by atoms with Crippen LogP contribution in [-0.4, -0.2) is 29.1 Å². The van der Waals surface area contributed by atoms with Gasteiger partial charge in [0.15, 0.2) is 6.04 Å². The third-order valence-corrected chi connectivity index (χ3v) is 1.40. The molecule has 0 saturated heterocycles. The van der Waals surface area contributed by atoms with E-state index in [9.17, 15) is 4.91 Å². The lowest BCUT2D eigenvalue weighted by molar-refractivity contribution is -0.584. The van der Waals surface area contributed by atoms with Crippen LogP contribution >= 0.6 is 0 Å². The molecule has 1 N–H and O–H groups in total. The SMILES string of the molecule is CCC(C)[N+](=O)CCO. The lowest BCUT2D eigenvalue weighted by Gasteiger charge is -1.96. The van der Waals surface area contributed by atoms with Crippen LogP contribution in [0.25, 0.3) is 0 Å². The molecule has 0 fully saturated rings. The van der Waals surface area contributed by atoms with Crippen molar-refractivity contribution in [3.05, 3.63) is 4.91 Å². The molecule has 0 aromatic carbocycles. The van der Waals surface area contributed by atoms with E-state index in [1.54, 1.807) is 0 Å². The molecule has 1 atom stereocenters. The highest BCUT2D eigenvalue weighted by Crippen LogP contribution is 1.93. The van der Waals surface area contributed by atoms with Crippen LogP contribution in [0.5, 0.6) is 0 Å². The van der Waals surface area contributed by atoms with Gasteiger partial charge in [-0.2, -0.15) is 0 Å². The Bertz CT molecular complexity index is 93.1. The molecule has 3 heteroatoms. The van der Waals surface area contributed by atoms with Crippen LogP contribution in [0, 0.1) is 4.91 Å². The van der Waals surface area contributed by atoms with E-state index in [0.29, 0.717) is 0 Å². The molecule has 0 saturated carbocycles. The quantitative estimate of drug-likeness (QED) is 0.568. The molecule has 3 nitrogen and oxygen atoms in total. The van der Waals surface area contributed by atoms with E-state index in [2.05, 4.69) is 0 Å². The summed E-state index contributed by atoms with van der Waals surface area (Å²) in [7, 11) is 0. The van der Waals surface area contributed by atoms with E-state index in [4.69, 9.17) is 5.11 Å². The average molecular weight is 132 g/mol. The Hall–Kier alpha value is -0.440. The number of aliphatic hydroxyl groups is 1. The molecule has 0 heterocycles. The number of hydrogen-bond acceptors (Lipinski definition) is 2. The molecule has 0 rings (SSSR count). The third kappa shape index (κ3) is 3.19. The lowest BCUT2D eigenvalue weighted by atomic mass is 10.2. The Balaban J connectivity index is 3.46. The van der Waals surface area contributed by atoms with Crippen molar-refractivity contribution in [2.45, 2.75) is 26.3 Å². The molecule has 0 aromatic heterocycles. The highest BCUT2D eigenvalue weighted by Gasteiger charge is 2.14. The molecule has 0 aliphatic rings. The standard InChI is InChI=1S/C6H14NO2/c1-3-6(2)7(9)4-5-8/h6,8H,3-5H2,1-2H3/q+1. The van der Waals surface area contributed by atoms with Crippen molar-refractivity contribution in [1.82, 2.24) is 0 Å². The van der Waals surface area contributed by atoms with E-state index in [1.807, 2.05) is 13.8 Å². The smallest absolute Gasteiger partial charge is 0.215 e. The Morgan fingerprint density at radius 1 is 1.67 bits per heavy atom. The summed E-state index contributed by atoms with van der Waals surface area (Å²) in [6, 6.07) is 0.0390. The second kappa shape index (κ2) is 4.44. The molecule has 0 spiro atoms. The summed E-state index contributed by atoms with van der Waals surface area (Å²) < 4.78 is 0.903. The van der Waals surface area contributed by atoms with Crippen molar-refractivity contribution in [3.8, 4) is 0 Å². The van der Waals surface area contributed by atoms with Gasteiger partial charge in [0.1, 0.15) is 6.61 Å². The predicted octanol–water partition coefficient (Wildman–Crippen LogP) is 0.556. The van der Waals surface area contributed by atoms with E-state index in [0.717, 1.165) is 11.2 Å². The number of nitrogens with zero attached hydrogens (tertiary/aromatic N) is 1. The van der Waals surface area contributed by atoms with Crippen molar-refractivity contribution in [1.29, 1.82) is 0 Å². The van der Waals surface area contributed by atoms with Gasteiger partial charge >= 0.3 is 0 Å². The zero-order valence-corrected chi connectivity index (χ0v) is 6.00. The largest absolute Gasteiger partial charge is 0.390 e. The van der Waals surface area contributed by atoms with E-state index in [-0.39, 0.29) is 19.2 Å². The molecule has 9 heavy (non-hydrogen) atoms. The predicted molar refractivity (Wildman–Crippen MR) is 35.3 cm³/mol. The fourth-order valence-electron chi connectivity index (χ4n) is 0.523. The van der Waals surface area contributed by atoms with Crippen LogP contribution in [0.2, 0.25) is 0 Å². The van der Waals surface area contributed by atoms with Crippen LogP contribution in [-0.2, 0) is 0 Å². The van der Waals surface area contributed by atoms with Crippen LogP contribution < -0.4 is 0 Å². The number of aliphatic hydroxyl groups excluding tert-OH is 1. The number of nitroso groups, excluding NO2 is 1. The Morgan fingerprint density at radius 3 is 2.56 bits per heavy atom. The molecule has 1 unspecified atom stereocenters. The van der Waals surface area contributed by atoms with Crippen LogP contribution in [0.1, 0.15) is 20.3 Å². The number of rotatable bonds is 4. The van der Waals surface area contributed by atoms with Gasteiger partial charge in [0.25, 0.3) is 0 Å². The van der Waals surface area contributed by atoms with Gasteiger partial charge in [-0.3, -0.25) is 0 Å². The Kier molecular flexibility index (Phi) is 4.22. The maximum Gasteiger partial charge on any atom is 0.215 e. The summed E-state index contributed by atoms with van der Waals surface area (Å²) in [4.78, 5) is 10.7. The van der Waals surface area contributed by atoms with E-state index < -0.39 is 0 Å². The van der Waals surface area contributed by atoms with Crippen molar-refractivity contribution < 1.29 is 9.87 Å². The number of hydrogen-bond donors (Lipinski definition) is 1. The zero-order valence-electron chi connectivity index (χ0n) is 6.00. The first kappa shape index (κ1) is 8.56. The minimum absolute atomic E-state index is 0.0390.